The average molecular weight is 355 g/mol. The number of hydrogen-bond acceptors (Lipinski definition) is 3. The van der Waals surface area contributed by atoms with E-state index in [2.05, 4.69) is 22.6 Å². The molecule has 0 aliphatic rings. The number of methoxy groups -OCH3 is 1. The maximum Gasteiger partial charge on any atom is 0.310 e. The monoisotopic (exact) mass is 355 g/mol. The molecule has 0 bridgehead atoms. The number of rotatable bonds is 3. The van der Waals surface area contributed by atoms with Crippen LogP contribution < -0.4 is 4.74 Å². The van der Waals surface area contributed by atoms with Crippen LogP contribution in [-0.4, -0.2) is 12.0 Å². The van der Waals surface area contributed by atoms with Crippen LogP contribution in [0, 0.1) is 13.7 Å². The van der Waals surface area contributed by atoms with Crippen LogP contribution >= 0.6 is 22.6 Å². The maximum atomic E-state index is 10.8. The normalized spacial score (nSPS) is 10.1. The van der Waals surface area contributed by atoms with E-state index in [1.165, 1.54) is 13.2 Å². The quantitative estimate of drug-likeness (QED) is 0.477. The first-order chi connectivity index (χ1) is 8.61. The van der Waals surface area contributed by atoms with Crippen molar-refractivity contribution in [3.63, 3.8) is 0 Å². The molecule has 4 nitrogen and oxygen atoms in total. The molecule has 0 saturated heterocycles. The lowest BCUT2D eigenvalue weighted by Gasteiger charge is -2.05. The Balaban J connectivity index is 2.47. The molecule has 5 heteroatoms. The number of nitro groups is 1. The Hall–Kier alpha value is -1.63. The van der Waals surface area contributed by atoms with Crippen molar-refractivity contribution in [3.8, 4) is 16.9 Å². The molecule has 18 heavy (non-hydrogen) atoms. The zero-order valence-electron chi connectivity index (χ0n) is 9.59. The molecule has 0 aliphatic heterocycles. The number of ether oxygens (including phenoxy) is 1. The molecule has 0 aromatic heterocycles. The first-order valence-corrected chi connectivity index (χ1v) is 6.28. The molecule has 0 spiro atoms. The van der Waals surface area contributed by atoms with Crippen LogP contribution in [0.3, 0.4) is 0 Å². The summed E-state index contributed by atoms with van der Waals surface area (Å²) in [4.78, 5) is 10.3. The summed E-state index contributed by atoms with van der Waals surface area (Å²) in [7, 11) is 1.43. The Kier molecular flexibility index (Phi) is 3.81. The lowest BCUT2D eigenvalue weighted by molar-refractivity contribution is -0.385. The topological polar surface area (TPSA) is 52.4 Å². The number of nitro benzene ring substituents is 1. The van der Waals surface area contributed by atoms with Gasteiger partial charge in [-0.25, -0.2) is 0 Å². The van der Waals surface area contributed by atoms with Gasteiger partial charge in [0.1, 0.15) is 0 Å². The smallest absolute Gasteiger partial charge is 0.310 e. The fourth-order valence-corrected chi connectivity index (χ4v) is 2.01. The van der Waals surface area contributed by atoms with Gasteiger partial charge in [0.05, 0.1) is 12.0 Å². The minimum atomic E-state index is -0.448. The molecule has 0 saturated carbocycles. The Morgan fingerprint density at radius 3 is 2.28 bits per heavy atom. The van der Waals surface area contributed by atoms with E-state index in [9.17, 15) is 10.1 Å². The Morgan fingerprint density at radius 1 is 1.11 bits per heavy atom. The van der Waals surface area contributed by atoms with E-state index in [1.807, 2.05) is 24.3 Å². The van der Waals surface area contributed by atoms with Gasteiger partial charge in [-0.15, -0.1) is 0 Å². The van der Waals surface area contributed by atoms with Gasteiger partial charge in [0.25, 0.3) is 0 Å². The number of hydrogen-bond donors (Lipinski definition) is 0. The van der Waals surface area contributed by atoms with Crippen LogP contribution in [0.25, 0.3) is 11.1 Å². The molecule has 0 fully saturated rings. The predicted octanol–water partition coefficient (Wildman–Crippen LogP) is 3.88. The highest BCUT2D eigenvalue weighted by atomic mass is 127. The molecule has 0 atom stereocenters. The molecule has 2 aromatic rings. The zero-order valence-corrected chi connectivity index (χ0v) is 11.7. The SMILES string of the molecule is COc1cc(-c2ccc(I)cc2)ccc1[N+](=O)[O-]. The Bertz CT molecular complexity index is 581. The van der Waals surface area contributed by atoms with Gasteiger partial charge < -0.3 is 4.74 Å². The third kappa shape index (κ3) is 2.61. The van der Waals surface area contributed by atoms with Crippen molar-refractivity contribution in [2.24, 2.45) is 0 Å². The van der Waals surface area contributed by atoms with Crippen molar-refractivity contribution in [1.82, 2.24) is 0 Å². The molecular weight excluding hydrogens is 345 g/mol. The molecule has 0 heterocycles. The first kappa shape index (κ1) is 12.8. The fraction of sp³-hybridized carbons (Fsp3) is 0.0769. The third-order valence-corrected chi connectivity index (χ3v) is 3.27. The summed E-state index contributed by atoms with van der Waals surface area (Å²) in [5.74, 6) is 0.274. The van der Waals surface area contributed by atoms with Crippen LogP contribution in [0.4, 0.5) is 5.69 Å². The van der Waals surface area contributed by atoms with Crippen molar-refractivity contribution in [2.45, 2.75) is 0 Å². The lowest BCUT2D eigenvalue weighted by atomic mass is 10.1. The van der Waals surface area contributed by atoms with Crippen LogP contribution in [0.1, 0.15) is 0 Å². The van der Waals surface area contributed by atoms with Crippen molar-refractivity contribution in [2.75, 3.05) is 7.11 Å². The van der Waals surface area contributed by atoms with Gasteiger partial charge in [-0.2, -0.15) is 0 Å². The highest BCUT2D eigenvalue weighted by Crippen LogP contribution is 2.32. The molecular formula is C13H10INO3. The van der Waals surface area contributed by atoms with Gasteiger partial charge in [-0.3, -0.25) is 10.1 Å². The minimum Gasteiger partial charge on any atom is -0.490 e. The van der Waals surface area contributed by atoms with Crippen molar-refractivity contribution >= 4 is 28.3 Å². The number of halogens is 1. The highest BCUT2D eigenvalue weighted by Gasteiger charge is 2.14. The summed E-state index contributed by atoms with van der Waals surface area (Å²) in [5.41, 5.74) is 1.88. The molecule has 92 valence electrons. The molecule has 0 amide bonds. The second kappa shape index (κ2) is 5.34. The van der Waals surface area contributed by atoms with Crippen LogP contribution in [0.15, 0.2) is 42.5 Å². The summed E-state index contributed by atoms with van der Waals surface area (Å²) in [6.45, 7) is 0. The van der Waals surface area contributed by atoms with Gasteiger partial charge in [0.2, 0.25) is 0 Å². The summed E-state index contributed by atoms with van der Waals surface area (Å²) >= 11 is 2.23. The average Bonchev–Trinajstić information content (AvgIpc) is 2.38. The number of nitrogens with zero attached hydrogens (tertiary/aromatic N) is 1. The number of benzene rings is 2. The summed E-state index contributed by atoms with van der Waals surface area (Å²) in [5, 5.41) is 10.8. The van der Waals surface area contributed by atoms with Crippen molar-refractivity contribution in [1.29, 1.82) is 0 Å². The molecule has 0 radical (unpaired) electrons. The predicted molar refractivity (Wildman–Crippen MR) is 77.8 cm³/mol. The highest BCUT2D eigenvalue weighted by molar-refractivity contribution is 14.1. The van der Waals surface area contributed by atoms with Gasteiger partial charge in [-0.05, 0) is 58.0 Å². The molecule has 0 unspecified atom stereocenters. The fourth-order valence-electron chi connectivity index (χ4n) is 1.65. The van der Waals surface area contributed by atoms with Crippen molar-refractivity contribution in [3.05, 3.63) is 56.1 Å². The van der Waals surface area contributed by atoms with E-state index in [-0.39, 0.29) is 11.4 Å². The van der Waals surface area contributed by atoms with E-state index in [0.29, 0.717) is 0 Å². The largest absolute Gasteiger partial charge is 0.490 e. The standard InChI is InChI=1S/C13H10INO3/c1-18-13-8-10(4-7-12(13)15(16)17)9-2-5-11(14)6-3-9/h2-8H,1H3. The summed E-state index contributed by atoms with van der Waals surface area (Å²) in [6, 6.07) is 12.8. The second-order valence-corrected chi connectivity index (χ2v) is 4.90. The van der Waals surface area contributed by atoms with Crippen LogP contribution in [-0.2, 0) is 0 Å². The van der Waals surface area contributed by atoms with Crippen LogP contribution in [0.2, 0.25) is 0 Å². The molecule has 2 rings (SSSR count). The second-order valence-electron chi connectivity index (χ2n) is 3.65. The van der Waals surface area contributed by atoms with E-state index < -0.39 is 4.92 Å². The van der Waals surface area contributed by atoms with Gasteiger partial charge >= 0.3 is 5.69 Å². The van der Waals surface area contributed by atoms with E-state index in [0.717, 1.165) is 14.7 Å². The Morgan fingerprint density at radius 2 is 1.72 bits per heavy atom. The van der Waals surface area contributed by atoms with Gasteiger partial charge in [0, 0.05) is 9.64 Å². The molecule has 2 aromatic carbocycles. The van der Waals surface area contributed by atoms with Gasteiger partial charge in [0.15, 0.2) is 5.75 Å². The minimum absolute atomic E-state index is 0.0215. The van der Waals surface area contributed by atoms with E-state index in [4.69, 9.17) is 4.74 Å². The van der Waals surface area contributed by atoms with E-state index in [1.54, 1.807) is 12.1 Å². The third-order valence-electron chi connectivity index (χ3n) is 2.55. The zero-order chi connectivity index (χ0) is 13.1. The summed E-state index contributed by atoms with van der Waals surface area (Å²) < 4.78 is 6.19. The van der Waals surface area contributed by atoms with Crippen LogP contribution in [0.5, 0.6) is 5.75 Å². The maximum absolute atomic E-state index is 10.8. The van der Waals surface area contributed by atoms with Crippen molar-refractivity contribution < 1.29 is 9.66 Å². The van der Waals surface area contributed by atoms with Gasteiger partial charge in [-0.1, -0.05) is 12.1 Å². The first-order valence-electron chi connectivity index (χ1n) is 5.20. The molecule has 0 aliphatic carbocycles. The lowest BCUT2D eigenvalue weighted by Crippen LogP contribution is -1.93. The molecule has 0 N–H and O–H groups in total. The summed E-state index contributed by atoms with van der Waals surface area (Å²) in [6.07, 6.45) is 0. The van der Waals surface area contributed by atoms with E-state index >= 15 is 0 Å². The Labute approximate surface area is 118 Å².